The average molecular weight is 299 g/mol. The minimum Gasteiger partial charge on any atom is -0.351 e. The molecule has 0 fully saturated rings. The number of aromatic nitrogens is 1. The van der Waals surface area contributed by atoms with Gasteiger partial charge in [0.2, 0.25) is 0 Å². The zero-order valence-electron chi connectivity index (χ0n) is 11.2. The summed E-state index contributed by atoms with van der Waals surface area (Å²) in [6, 6.07) is 11.3. The lowest BCUT2D eigenvalue weighted by atomic mass is 10.2. The van der Waals surface area contributed by atoms with Gasteiger partial charge in [0.1, 0.15) is 11.5 Å². The van der Waals surface area contributed by atoms with Crippen LogP contribution >= 0.6 is 0 Å². The summed E-state index contributed by atoms with van der Waals surface area (Å²) in [4.78, 5) is 25.2. The molecule has 0 aliphatic heterocycles. The molecule has 0 bridgehead atoms. The maximum Gasteiger partial charge on any atom is 0.272 e. The van der Waals surface area contributed by atoms with Gasteiger partial charge in [-0.1, -0.05) is 6.07 Å². The van der Waals surface area contributed by atoms with Crippen molar-refractivity contribution in [2.24, 2.45) is 0 Å². The minimum absolute atomic E-state index is 0.114. The fourth-order valence-electron chi connectivity index (χ4n) is 2.12. The van der Waals surface area contributed by atoms with Gasteiger partial charge in [-0.05, 0) is 30.3 Å². The van der Waals surface area contributed by atoms with Crippen molar-refractivity contribution in [3.63, 3.8) is 0 Å². The van der Waals surface area contributed by atoms with Gasteiger partial charge in [-0.3, -0.25) is 14.9 Å². The molecule has 0 radical (unpaired) electrons. The number of anilines is 1. The molecule has 1 amide bonds. The van der Waals surface area contributed by atoms with Crippen LogP contribution in [0.2, 0.25) is 0 Å². The minimum atomic E-state index is -0.540. The van der Waals surface area contributed by atoms with E-state index in [4.69, 9.17) is 0 Å². The quantitative estimate of drug-likeness (QED) is 0.573. The van der Waals surface area contributed by atoms with Gasteiger partial charge < -0.3 is 10.3 Å². The van der Waals surface area contributed by atoms with Crippen molar-refractivity contribution >= 4 is 28.2 Å². The van der Waals surface area contributed by atoms with E-state index < -0.39 is 16.6 Å². The highest BCUT2D eigenvalue weighted by molar-refractivity contribution is 6.06. The van der Waals surface area contributed by atoms with Crippen molar-refractivity contribution < 1.29 is 14.1 Å². The predicted octanol–water partition coefficient (Wildman–Crippen LogP) is 3.47. The van der Waals surface area contributed by atoms with E-state index in [1.807, 2.05) is 0 Å². The first-order chi connectivity index (χ1) is 10.5. The molecule has 0 aliphatic rings. The van der Waals surface area contributed by atoms with E-state index in [2.05, 4.69) is 10.3 Å². The lowest BCUT2D eigenvalue weighted by Crippen LogP contribution is -2.12. The number of nitro benzene ring substituents is 1. The number of nitrogens with one attached hydrogen (secondary N) is 2. The highest BCUT2D eigenvalue weighted by Gasteiger charge is 2.12. The van der Waals surface area contributed by atoms with Gasteiger partial charge in [-0.15, -0.1) is 0 Å². The third kappa shape index (κ3) is 2.64. The molecule has 6 nitrogen and oxygen atoms in total. The Morgan fingerprint density at radius 3 is 2.77 bits per heavy atom. The molecule has 2 aromatic carbocycles. The molecule has 0 saturated carbocycles. The van der Waals surface area contributed by atoms with Crippen molar-refractivity contribution in [1.29, 1.82) is 0 Å². The van der Waals surface area contributed by atoms with E-state index in [1.165, 1.54) is 42.5 Å². The molecule has 3 rings (SSSR count). The number of carbonyl (C=O) groups excluding carboxylic acids is 1. The number of hydrogen-bond acceptors (Lipinski definition) is 3. The van der Waals surface area contributed by atoms with Crippen LogP contribution in [0, 0.1) is 15.9 Å². The third-order valence-electron chi connectivity index (χ3n) is 3.14. The van der Waals surface area contributed by atoms with E-state index in [-0.39, 0.29) is 11.4 Å². The topological polar surface area (TPSA) is 88.0 Å². The molecule has 1 aromatic heterocycles. The monoisotopic (exact) mass is 299 g/mol. The maximum absolute atomic E-state index is 13.1. The van der Waals surface area contributed by atoms with E-state index >= 15 is 0 Å². The first kappa shape index (κ1) is 13.7. The highest BCUT2D eigenvalue weighted by Crippen LogP contribution is 2.20. The van der Waals surface area contributed by atoms with Crippen LogP contribution in [0.15, 0.2) is 48.5 Å². The van der Waals surface area contributed by atoms with Gasteiger partial charge in [0.15, 0.2) is 0 Å². The first-order valence-corrected chi connectivity index (χ1v) is 6.37. The predicted molar refractivity (Wildman–Crippen MR) is 79.3 cm³/mol. The van der Waals surface area contributed by atoms with Crippen molar-refractivity contribution in [3.05, 3.63) is 70.2 Å². The standard InChI is InChI=1S/C15H10FN3O3/c16-10-4-5-13-9(6-10)7-14(18-13)15(20)17-11-2-1-3-12(8-11)19(21)22/h1-8,18H,(H,17,20). The summed E-state index contributed by atoms with van der Waals surface area (Å²) >= 11 is 0. The van der Waals surface area contributed by atoms with Crippen molar-refractivity contribution in [2.45, 2.75) is 0 Å². The third-order valence-corrected chi connectivity index (χ3v) is 3.14. The van der Waals surface area contributed by atoms with Gasteiger partial charge >= 0.3 is 0 Å². The number of hydrogen-bond donors (Lipinski definition) is 2. The summed E-state index contributed by atoms with van der Waals surface area (Å²) in [5, 5.41) is 13.8. The molecule has 2 N–H and O–H groups in total. The normalized spacial score (nSPS) is 10.6. The van der Waals surface area contributed by atoms with Crippen LogP contribution in [-0.2, 0) is 0 Å². The summed E-state index contributed by atoms with van der Waals surface area (Å²) in [5.41, 5.74) is 1.07. The van der Waals surface area contributed by atoms with Gasteiger partial charge in [-0.2, -0.15) is 0 Å². The number of H-pyrrole nitrogens is 1. The highest BCUT2D eigenvalue weighted by atomic mass is 19.1. The van der Waals surface area contributed by atoms with E-state index in [0.29, 0.717) is 16.6 Å². The number of aromatic amines is 1. The van der Waals surface area contributed by atoms with Crippen LogP contribution in [0.4, 0.5) is 15.8 Å². The number of nitro groups is 1. The number of amides is 1. The maximum atomic E-state index is 13.1. The number of benzene rings is 2. The summed E-state index contributed by atoms with van der Waals surface area (Å²) in [6.45, 7) is 0. The number of non-ortho nitro benzene ring substituents is 1. The Morgan fingerprint density at radius 2 is 2.00 bits per heavy atom. The van der Waals surface area contributed by atoms with Crippen LogP contribution in [-0.4, -0.2) is 15.8 Å². The first-order valence-electron chi connectivity index (χ1n) is 6.37. The molecule has 22 heavy (non-hydrogen) atoms. The molecule has 1 heterocycles. The Kier molecular flexibility index (Phi) is 3.30. The van der Waals surface area contributed by atoms with Gasteiger partial charge in [0, 0.05) is 28.7 Å². The van der Waals surface area contributed by atoms with Crippen LogP contribution in [0.3, 0.4) is 0 Å². The van der Waals surface area contributed by atoms with Crippen LogP contribution in [0.5, 0.6) is 0 Å². The Labute approximate surface area is 123 Å². The SMILES string of the molecule is O=C(Nc1cccc([N+](=O)[O-])c1)c1cc2cc(F)ccc2[nH]1. The summed E-state index contributed by atoms with van der Waals surface area (Å²) in [7, 11) is 0. The second-order valence-electron chi connectivity index (χ2n) is 4.68. The number of rotatable bonds is 3. The molecule has 0 aliphatic carbocycles. The van der Waals surface area contributed by atoms with E-state index in [0.717, 1.165) is 0 Å². The molecule has 0 spiro atoms. The van der Waals surface area contributed by atoms with Gasteiger partial charge in [-0.25, -0.2) is 4.39 Å². The molecule has 110 valence electrons. The molecule has 0 atom stereocenters. The Hall–Kier alpha value is -3.22. The fourth-order valence-corrected chi connectivity index (χ4v) is 2.12. The smallest absolute Gasteiger partial charge is 0.272 e. The Morgan fingerprint density at radius 1 is 1.18 bits per heavy atom. The largest absolute Gasteiger partial charge is 0.351 e. The number of nitrogens with zero attached hydrogens (tertiary/aromatic N) is 1. The summed E-state index contributed by atoms with van der Waals surface area (Å²) in [5.74, 6) is -0.853. The average Bonchev–Trinajstić information content (AvgIpc) is 2.90. The fraction of sp³-hybridized carbons (Fsp3) is 0. The molecular formula is C15H10FN3O3. The number of halogens is 1. The second-order valence-corrected chi connectivity index (χ2v) is 4.68. The Balaban J connectivity index is 1.86. The summed E-state index contributed by atoms with van der Waals surface area (Å²) in [6.07, 6.45) is 0. The molecule has 7 heteroatoms. The molecule has 0 saturated heterocycles. The molecule has 3 aromatic rings. The van der Waals surface area contributed by atoms with E-state index in [9.17, 15) is 19.3 Å². The second kappa shape index (κ2) is 5.28. The molecule has 0 unspecified atom stereocenters. The zero-order valence-corrected chi connectivity index (χ0v) is 11.2. The van der Waals surface area contributed by atoms with Crippen molar-refractivity contribution in [2.75, 3.05) is 5.32 Å². The van der Waals surface area contributed by atoms with Crippen molar-refractivity contribution in [3.8, 4) is 0 Å². The summed E-state index contributed by atoms with van der Waals surface area (Å²) < 4.78 is 13.1. The lowest BCUT2D eigenvalue weighted by molar-refractivity contribution is -0.384. The zero-order chi connectivity index (χ0) is 15.7. The molecular weight excluding hydrogens is 289 g/mol. The van der Waals surface area contributed by atoms with Crippen LogP contribution in [0.25, 0.3) is 10.9 Å². The van der Waals surface area contributed by atoms with Crippen LogP contribution in [0.1, 0.15) is 10.5 Å². The van der Waals surface area contributed by atoms with Crippen molar-refractivity contribution in [1.82, 2.24) is 4.98 Å². The Bertz CT molecular complexity index is 889. The van der Waals surface area contributed by atoms with Gasteiger partial charge in [0.05, 0.1) is 4.92 Å². The van der Waals surface area contributed by atoms with Crippen LogP contribution < -0.4 is 5.32 Å². The van der Waals surface area contributed by atoms with Gasteiger partial charge in [0.25, 0.3) is 11.6 Å². The lowest BCUT2D eigenvalue weighted by Gasteiger charge is -2.03. The van der Waals surface area contributed by atoms with E-state index in [1.54, 1.807) is 6.07 Å². The number of fused-ring (bicyclic) bond motifs is 1. The number of carbonyl (C=O) groups is 1.